The lowest BCUT2D eigenvalue weighted by atomic mass is 9.82. The van der Waals surface area contributed by atoms with Gasteiger partial charge in [0.05, 0.1) is 6.04 Å². The standard InChI is InChI=1S/C20H23NO/c1-13-11-15-9-10-17-16(12-20(2,3)22-17)18(15)19(21-13)14-7-5-4-6-8-14/h4-10,13,19,21H,11-12H2,1-3H3. The Morgan fingerprint density at radius 2 is 1.86 bits per heavy atom. The second-order valence-electron chi connectivity index (χ2n) is 7.27. The van der Waals surface area contributed by atoms with Crippen molar-refractivity contribution in [2.24, 2.45) is 0 Å². The first kappa shape index (κ1) is 13.8. The van der Waals surface area contributed by atoms with Crippen LogP contribution in [0.4, 0.5) is 0 Å². The molecule has 2 nitrogen and oxygen atoms in total. The molecule has 2 aromatic rings. The zero-order chi connectivity index (χ0) is 15.3. The third kappa shape index (κ3) is 2.22. The Bertz CT molecular complexity index is 705. The molecule has 0 amide bonds. The SMILES string of the molecule is CC1Cc2ccc3c(c2C(c2ccccc2)N1)CC(C)(C)O3. The largest absolute Gasteiger partial charge is 0.487 e. The molecule has 0 saturated heterocycles. The summed E-state index contributed by atoms with van der Waals surface area (Å²) >= 11 is 0. The minimum atomic E-state index is -0.0955. The molecule has 0 saturated carbocycles. The summed E-state index contributed by atoms with van der Waals surface area (Å²) in [6.45, 7) is 6.62. The van der Waals surface area contributed by atoms with Gasteiger partial charge in [-0.05, 0) is 49.9 Å². The summed E-state index contributed by atoms with van der Waals surface area (Å²) in [7, 11) is 0. The summed E-state index contributed by atoms with van der Waals surface area (Å²) in [5, 5.41) is 3.79. The van der Waals surface area contributed by atoms with Crippen LogP contribution >= 0.6 is 0 Å². The second-order valence-corrected chi connectivity index (χ2v) is 7.27. The summed E-state index contributed by atoms with van der Waals surface area (Å²) in [6.07, 6.45) is 2.08. The summed E-state index contributed by atoms with van der Waals surface area (Å²) in [5.74, 6) is 1.07. The van der Waals surface area contributed by atoms with Crippen molar-refractivity contribution in [1.29, 1.82) is 0 Å². The Kier molecular flexibility index (Phi) is 3.05. The van der Waals surface area contributed by atoms with E-state index in [2.05, 4.69) is 68.6 Å². The van der Waals surface area contributed by atoms with E-state index in [4.69, 9.17) is 4.74 Å². The summed E-state index contributed by atoms with van der Waals surface area (Å²) in [5.41, 5.74) is 5.57. The van der Waals surface area contributed by atoms with Crippen LogP contribution in [0.5, 0.6) is 5.75 Å². The van der Waals surface area contributed by atoms with Crippen LogP contribution in [0.15, 0.2) is 42.5 Å². The normalized spacial score (nSPS) is 25.2. The Labute approximate surface area is 132 Å². The predicted octanol–water partition coefficient (Wildman–Crippen LogP) is 4.02. The van der Waals surface area contributed by atoms with Gasteiger partial charge in [-0.3, -0.25) is 0 Å². The average molecular weight is 293 g/mol. The van der Waals surface area contributed by atoms with Crippen LogP contribution in [0, 0.1) is 0 Å². The van der Waals surface area contributed by atoms with Crippen molar-refractivity contribution >= 4 is 0 Å². The lowest BCUT2D eigenvalue weighted by Gasteiger charge is -2.33. The van der Waals surface area contributed by atoms with Crippen LogP contribution in [-0.2, 0) is 12.8 Å². The van der Waals surface area contributed by atoms with Gasteiger partial charge in [-0.1, -0.05) is 36.4 Å². The predicted molar refractivity (Wildman–Crippen MR) is 89.4 cm³/mol. The van der Waals surface area contributed by atoms with Crippen LogP contribution < -0.4 is 10.1 Å². The second kappa shape index (κ2) is 4.85. The molecule has 0 fully saturated rings. The quantitative estimate of drug-likeness (QED) is 0.857. The van der Waals surface area contributed by atoms with E-state index in [0.717, 1.165) is 18.6 Å². The maximum absolute atomic E-state index is 6.14. The highest BCUT2D eigenvalue weighted by atomic mass is 16.5. The van der Waals surface area contributed by atoms with E-state index in [1.165, 1.54) is 22.3 Å². The molecule has 2 heterocycles. The van der Waals surface area contributed by atoms with E-state index in [0.29, 0.717) is 6.04 Å². The van der Waals surface area contributed by atoms with Crippen LogP contribution in [-0.4, -0.2) is 11.6 Å². The maximum Gasteiger partial charge on any atom is 0.123 e. The van der Waals surface area contributed by atoms with Crippen LogP contribution in [0.2, 0.25) is 0 Å². The number of fused-ring (bicyclic) bond motifs is 3. The molecule has 2 aliphatic rings. The van der Waals surface area contributed by atoms with E-state index in [-0.39, 0.29) is 11.6 Å². The molecule has 0 aliphatic carbocycles. The molecule has 0 aromatic heterocycles. The van der Waals surface area contributed by atoms with E-state index in [1.807, 2.05) is 0 Å². The lowest BCUT2D eigenvalue weighted by Crippen LogP contribution is -2.38. The molecule has 0 bridgehead atoms. The average Bonchev–Trinajstić information content (AvgIpc) is 2.81. The van der Waals surface area contributed by atoms with Gasteiger partial charge in [0.25, 0.3) is 0 Å². The van der Waals surface area contributed by atoms with Crippen LogP contribution in [0.3, 0.4) is 0 Å². The highest BCUT2D eigenvalue weighted by molar-refractivity contribution is 5.54. The van der Waals surface area contributed by atoms with Gasteiger partial charge >= 0.3 is 0 Å². The van der Waals surface area contributed by atoms with Gasteiger partial charge in [0, 0.05) is 18.0 Å². The lowest BCUT2D eigenvalue weighted by molar-refractivity contribution is 0.138. The van der Waals surface area contributed by atoms with Crippen molar-refractivity contribution in [1.82, 2.24) is 5.32 Å². The third-order valence-electron chi connectivity index (χ3n) is 4.79. The monoisotopic (exact) mass is 293 g/mol. The van der Waals surface area contributed by atoms with E-state index >= 15 is 0 Å². The Hall–Kier alpha value is -1.80. The van der Waals surface area contributed by atoms with Gasteiger partial charge in [0.1, 0.15) is 11.4 Å². The molecular formula is C20H23NO. The first-order valence-corrected chi connectivity index (χ1v) is 8.18. The number of rotatable bonds is 1. The first-order valence-electron chi connectivity index (χ1n) is 8.18. The van der Waals surface area contributed by atoms with Gasteiger partial charge in [-0.25, -0.2) is 0 Å². The van der Waals surface area contributed by atoms with Crippen LogP contribution in [0.1, 0.15) is 49.1 Å². The minimum Gasteiger partial charge on any atom is -0.487 e. The molecule has 2 atom stereocenters. The highest BCUT2D eigenvalue weighted by Crippen LogP contribution is 2.43. The number of benzene rings is 2. The van der Waals surface area contributed by atoms with Crippen molar-refractivity contribution in [3.05, 3.63) is 64.7 Å². The molecule has 1 N–H and O–H groups in total. The molecule has 0 spiro atoms. The van der Waals surface area contributed by atoms with E-state index < -0.39 is 0 Å². The fraction of sp³-hybridized carbons (Fsp3) is 0.400. The number of nitrogens with one attached hydrogen (secondary N) is 1. The maximum atomic E-state index is 6.14. The fourth-order valence-electron chi connectivity index (χ4n) is 3.93. The summed E-state index contributed by atoms with van der Waals surface area (Å²) in [4.78, 5) is 0. The molecular weight excluding hydrogens is 270 g/mol. The van der Waals surface area contributed by atoms with Crippen molar-refractivity contribution < 1.29 is 4.74 Å². The first-order chi connectivity index (χ1) is 10.5. The topological polar surface area (TPSA) is 21.3 Å². The summed E-state index contributed by atoms with van der Waals surface area (Å²) < 4.78 is 6.14. The number of ether oxygens (including phenoxy) is 1. The molecule has 4 rings (SSSR count). The van der Waals surface area contributed by atoms with Crippen molar-refractivity contribution in [3.63, 3.8) is 0 Å². The van der Waals surface area contributed by atoms with Gasteiger partial charge in [0.15, 0.2) is 0 Å². The molecule has 0 radical (unpaired) electrons. The van der Waals surface area contributed by atoms with Crippen molar-refractivity contribution in [2.75, 3.05) is 0 Å². The third-order valence-corrected chi connectivity index (χ3v) is 4.79. The zero-order valence-corrected chi connectivity index (χ0v) is 13.5. The highest BCUT2D eigenvalue weighted by Gasteiger charge is 2.36. The molecule has 2 unspecified atom stereocenters. The fourth-order valence-corrected chi connectivity index (χ4v) is 3.93. The number of hydrogen-bond acceptors (Lipinski definition) is 2. The zero-order valence-electron chi connectivity index (χ0n) is 13.5. The number of hydrogen-bond donors (Lipinski definition) is 1. The molecule has 22 heavy (non-hydrogen) atoms. The van der Waals surface area contributed by atoms with Gasteiger partial charge in [0.2, 0.25) is 0 Å². The minimum absolute atomic E-state index is 0.0955. The Balaban J connectivity index is 1.88. The molecule has 114 valence electrons. The van der Waals surface area contributed by atoms with Crippen molar-refractivity contribution in [2.45, 2.75) is 51.3 Å². The van der Waals surface area contributed by atoms with E-state index in [9.17, 15) is 0 Å². The van der Waals surface area contributed by atoms with E-state index in [1.54, 1.807) is 0 Å². The molecule has 2 aliphatic heterocycles. The van der Waals surface area contributed by atoms with Gasteiger partial charge < -0.3 is 10.1 Å². The smallest absolute Gasteiger partial charge is 0.123 e. The van der Waals surface area contributed by atoms with Crippen molar-refractivity contribution in [3.8, 4) is 5.75 Å². The Morgan fingerprint density at radius 1 is 1.09 bits per heavy atom. The Morgan fingerprint density at radius 3 is 2.64 bits per heavy atom. The van der Waals surface area contributed by atoms with Gasteiger partial charge in [-0.15, -0.1) is 0 Å². The summed E-state index contributed by atoms with van der Waals surface area (Å²) in [6, 6.07) is 16.0. The molecule has 2 aromatic carbocycles. The molecule has 2 heteroatoms. The van der Waals surface area contributed by atoms with Crippen LogP contribution in [0.25, 0.3) is 0 Å². The van der Waals surface area contributed by atoms with Gasteiger partial charge in [-0.2, -0.15) is 0 Å².